The van der Waals surface area contributed by atoms with Gasteiger partial charge in [-0.1, -0.05) is 16.5 Å². The van der Waals surface area contributed by atoms with Gasteiger partial charge in [0.2, 0.25) is 0 Å². The molecule has 8 heteroatoms. The van der Waals surface area contributed by atoms with E-state index in [4.69, 9.17) is 10.6 Å². The molecule has 0 aliphatic carbocycles. The van der Waals surface area contributed by atoms with Crippen LogP contribution in [0.4, 0.5) is 9.52 Å². The van der Waals surface area contributed by atoms with Gasteiger partial charge in [-0.3, -0.25) is 4.79 Å². The number of nitrogens with one attached hydrogen (secondary N) is 1. The number of hydrogen-bond donors (Lipinski definition) is 2. The van der Waals surface area contributed by atoms with Crippen molar-refractivity contribution >= 4 is 38.3 Å². The summed E-state index contributed by atoms with van der Waals surface area (Å²) >= 11 is 1.36. The summed E-state index contributed by atoms with van der Waals surface area (Å²) in [6, 6.07) is 4.45. The van der Waals surface area contributed by atoms with Crippen LogP contribution >= 0.6 is 11.3 Å². The lowest BCUT2D eigenvalue weighted by atomic mass is 10.2. The van der Waals surface area contributed by atoms with Gasteiger partial charge < -0.3 is 15.9 Å². The summed E-state index contributed by atoms with van der Waals surface area (Å²) in [7, 11) is 0. The van der Waals surface area contributed by atoms with E-state index in [2.05, 4.69) is 15.5 Å². The zero-order valence-corrected chi connectivity index (χ0v) is 11.1. The molecule has 0 fully saturated rings. The lowest BCUT2D eigenvalue weighted by Gasteiger charge is -2.07. The minimum Gasteiger partial charge on any atom is -0.390 e. The number of fused-ring (bicyclic) bond motifs is 1. The molecule has 20 heavy (non-hydrogen) atoms. The van der Waals surface area contributed by atoms with E-state index in [1.165, 1.54) is 23.5 Å². The molecule has 1 unspecified atom stereocenters. The first-order valence-corrected chi connectivity index (χ1v) is 6.76. The molecule has 1 aliphatic rings. The van der Waals surface area contributed by atoms with Gasteiger partial charge in [-0.25, -0.2) is 9.37 Å². The molecule has 1 atom stereocenters. The highest BCUT2D eigenvalue weighted by Gasteiger charge is 2.24. The van der Waals surface area contributed by atoms with E-state index >= 15 is 0 Å². The maximum Gasteiger partial charge on any atom is 0.266 e. The van der Waals surface area contributed by atoms with Crippen LogP contribution in [0.15, 0.2) is 23.4 Å². The number of anilines is 1. The third kappa shape index (κ3) is 2.55. The largest absolute Gasteiger partial charge is 0.390 e. The van der Waals surface area contributed by atoms with Crippen molar-refractivity contribution in [2.45, 2.75) is 12.5 Å². The highest BCUT2D eigenvalue weighted by molar-refractivity contribution is 7.22. The predicted molar refractivity (Wildman–Crippen MR) is 74.2 cm³/mol. The smallest absolute Gasteiger partial charge is 0.266 e. The van der Waals surface area contributed by atoms with Crippen molar-refractivity contribution in [1.29, 1.82) is 0 Å². The summed E-state index contributed by atoms with van der Waals surface area (Å²) in [6.45, 7) is 0.447. The average molecular weight is 294 g/mol. The standard InChI is InChI=1S/C12H11FN4O2S/c13-6-1-2-8-10(3-6)20-12(16-8)15-5-7-4-9(11(14)18)17-19-7/h1-3,7H,4-5H2,(H2,14,18)(H,15,16). The van der Waals surface area contributed by atoms with Gasteiger partial charge in [0.1, 0.15) is 11.5 Å². The molecule has 1 amide bonds. The number of benzene rings is 1. The highest BCUT2D eigenvalue weighted by Crippen LogP contribution is 2.26. The fourth-order valence-electron chi connectivity index (χ4n) is 1.86. The summed E-state index contributed by atoms with van der Waals surface area (Å²) in [5.74, 6) is -0.853. The van der Waals surface area contributed by atoms with Crippen LogP contribution in [0, 0.1) is 5.82 Å². The second-order valence-corrected chi connectivity index (χ2v) is 5.38. The van der Waals surface area contributed by atoms with Crippen LogP contribution in [0.1, 0.15) is 6.42 Å². The van der Waals surface area contributed by atoms with Crippen LogP contribution in [0.3, 0.4) is 0 Å². The van der Waals surface area contributed by atoms with Crippen LogP contribution in [0.5, 0.6) is 0 Å². The number of nitrogens with two attached hydrogens (primary N) is 1. The quantitative estimate of drug-likeness (QED) is 0.893. The molecule has 3 N–H and O–H groups in total. The van der Waals surface area contributed by atoms with Crippen molar-refractivity contribution in [2.24, 2.45) is 10.9 Å². The molecule has 0 bridgehead atoms. The highest BCUT2D eigenvalue weighted by atomic mass is 32.1. The van der Waals surface area contributed by atoms with Gasteiger partial charge in [0, 0.05) is 6.42 Å². The molecule has 0 spiro atoms. The summed E-state index contributed by atoms with van der Waals surface area (Å²) in [5.41, 5.74) is 6.09. The van der Waals surface area contributed by atoms with Crippen molar-refractivity contribution in [3.05, 3.63) is 24.0 Å². The van der Waals surface area contributed by atoms with Gasteiger partial charge in [0.25, 0.3) is 5.91 Å². The number of carbonyl (C=O) groups is 1. The van der Waals surface area contributed by atoms with E-state index in [0.717, 1.165) is 10.2 Å². The fraction of sp³-hybridized carbons (Fsp3) is 0.250. The second kappa shape index (κ2) is 5.04. The molecular weight excluding hydrogens is 283 g/mol. The second-order valence-electron chi connectivity index (χ2n) is 4.35. The Morgan fingerprint density at radius 3 is 3.20 bits per heavy atom. The summed E-state index contributed by atoms with van der Waals surface area (Å²) in [5, 5.41) is 7.38. The average Bonchev–Trinajstić information content (AvgIpc) is 3.01. The lowest BCUT2D eigenvalue weighted by molar-refractivity contribution is -0.112. The number of nitrogens with zero attached hydrogens (tertiary/aromatic N) is 2. The molecule has 0 saturated heterocycles. The number of halogens is 1. The van der Waals surface area contributed by atoms with Gasteiger partial charge in [0.15, 0.2) is 11.2 Å². The van der Waals surface area contributed by atoms with Gasteiger partial charge in [-0.15, -0.1) is 0 Å². The van der Waals surface area contributed by atoms with Gasteiger partial charge in [-0.2, -0.15) is 0 Å². The number of carbonyl (C=O) groups excluding carboxylic acids is 1. The Morgan fingerprint density at radius 2 is 2.45 bits per heavy atom. The topological polar surface area (TPSA) is 89.6 Å². The molecule has 1 aromatic carbocycles. The summed E-state index contributed by atoms with van der Waals surface area (Å²) < 4.78 is 13.8. The van der Waals surface area contributed by atoms with Crippen molar-refractivity contribution in [3.63, 3.8) is 0 Å². The number of oxime groups is 1. The lowest BCUT2D eigenvalue weighted by Crippen LogP contribution is -2.25. The number of rotatable bonds is 4. The van der Waals surface area contributed by atoms with Crippen molar-refractivity contribution in [1.82, 2.24) is 4.98 Å². The number of amides is 1. The predicted octanol–water partition coefficient (Wildman–Crippen LogP) is 1.48. The minimum absolute atomic E-state index is 0.239. The van der Waals surface area contributed by atoms with Gasteiger partial charge in [0.05, 0.1) is 16.8 Å². The summed E-state index contributed by atoms with van der Waals surface area (Å²) in [6.07, 6.45) is 0.128. The molecule has 6 nitrogen and oxygen atoms in total. The van der Waals surface area contributed by atoms with E-state index in [1.807, 2.05) is 0 Å². The van der Waals surface area contributed by atoms with Crippen LogP contribution in [0.25, 0.3) is 10.2 Å². The Balaban J connectivity index is 1.62. The first-order chi connectivity index (χ1) is 9.61. The molecule has 0 saturated carbocycles. The van der Waals surface area contributed by atoms with E-state index < -0.39 is 5.91 Å². The Kier molecular flexibility index (Phi) is 3.23. The van der Waals surface area contributed by atoms with Crippen molar-refractivity contribution in [3.8, 4) is 0 Å². The van der Waals surface area contributed by atoms with Crippen molar-refractivity contribution < 1.29 is 14.0 Å². The third-order valence-electron chi connectivity index (χ3n) is 2.85. The molecule has 104 valence electrons. The molecule has 2 aromatic rings. The maximum atomic E-state index is 13.1. The number of hydrogen-bond acceptors (Lipinski definition) is 6. The van der Waals surface area contributed by atoms with E-state index in [9.17, 15) is 9.18 Å². The van der Waals surface area contributed by atoms with Gasteiger partial charge in [-0.05, 0) is 18.2 Å². The SMILES string of the molecule is NC(=O)C1=NOC(CNc2nc3ccc(F)cc3s2)C1. The normalized spacial score (nSPS) is 17.9. The van der Waals surface area contributed by atoms with E-state index in [-0.39, 0.29) is 17.6 Å². The minimum atomic E-state index is -0.567. The van der Waals surface area contributed by atoms with Crippen molar-refractivity contribution in [2.75, 3.05) is 11.9 Å². The Hall–Kier alpha value is -2.22. The number of aromatic nitrogens is 1. The molecule has 0 radical (unpaired) electrons. The van der Waals surface area contributed by atoms with Crippen LogP contribution in [0.2, 0.25) is 0 Å². The van der Waals surface area contributed by atoms with Crippen LogP contribution in [-0.2, 0) is 9.63 Å². The maximum absolute atomic E-state index is 13.1. The Labute approximate surface area is 117 Å². The molecule has 2 heterocycles. The fourth-order valence-corrected chi connectivity index (χ4v) is 2.76. The van der Waals surface area contributed by atoms with Crippen LogP contribution in [-0.4, -0.2) is 29.3 Å². The molecular formula is C12H11FN4O2S. The summed E-state index contributed by atoms with van der Waals surface area (Å²) in [4.78, 5) is 20.3. The van der Waals surface area contributed by atoms with E-state index in [1.54, 1.807) is 6.07 Å². The Bertz CT molecular complexity index is 700. The third-order valence-corrected chi connectivity index (χ3v) is 3.82. The molecule has 3 rings (SSSR count). The van der Waals surface area contributed by atoms with E-state index in [0.29, 0.717) is 18.1 Å². The molecule has 1 aliphatic heterocycles. The Morgan fingerprint density at radius 1 is 1.60 bits per heavy atom. The van der Waals surface area contributed by atoms with Crippen LogP contribution < -0.4 is 11.1 Å². The first-order valence-electron chi connectivity index (χ1n) is 5.94. The first kappa shape index (κ1) is 12.8. The van der Waals surface area contributed by atoms with Gasteiger partial charge >= 0.3 is 0 Å². The zero-order valence-electron chi connectivity index (χ0n) is 10.3. The monoisotopic (exact) mass is 294 g/mol. The number of thiazole rings is 1. The zero-order chi connectivity index (χ0) is 14.1. The molecule has 1 aromatic heterocycles. The number of primary amides is 1.